The number of methoxy groups -OCH3 is 2. The lowest BCUT2D eigenvalue weighted by atomic mass is 9.85. The van der Waals surface area contributed by atoms with Crippen LogP contribution in [-0.4, -0.2) is 54.7 Å². The highest BCUT2D eigenvalue weighted by Crippen LogP contribution is 2.39. The Kier molecular flexibility index (Phi) is 5.66. The van der Waals surface area contributed by atoms with E-state index in [1.54, 1.807) is 32.4 Å². The number of nitrogens with zero attached hydrogens (tertiary/aromatic N) is 1. The maximum absolute atomic E-state index is 12.6. The Balaban J connectivity index is 1.71. The van der Waals surface area contributed by atoms with Crippen LogP contribution in [0, 0.1) is 5.92 Å². The van der Waals surface area contributed by atoms with Crippen LogP contribution in [0.1, 0.15) is 32.1 Å². The van der Waals surface area contributed by atoms with Gasteiger partial charge in [-0.15, -0.1) is 0 Å². The molecule has 1 amide bonds. The van der Waals surface area contributed by atoms with Gasteiger partial charge in [-0.2, -0.15) is 0 Å². The van der Waals surface area contributed by atoms with E-state index in [1.165, 1.54) is 0 Å². The Labute approximate surface area is 153 Å². The molecule has 2 aliphatic rings. The molecule has 0 radical (unpaired) electrons. The Morgan fingerprint density at radius 1 is 1.15 bits per heavy atom. The van der Waals surface area contributed by atoms with Gasteiger partial charge >= 0.3 is 5.97 Å². The number of nitrogens with one attached hydrogen (secondary N) is 1. The maximum atomic E-state index is 12.6. The van der Waals surface area contributed by atoms with Crippen molar-refractivity contribution in [3.63, 3.8) is 0 Å². The van der Waals surface area contributed by atoms with E-state index in [1.807, 2.05) is 4.90 Å². The molecule has 7 nitrogen and oxygen atoms in total. The van der Waals surface area contributed by atoms with Crippen LogP contribution < -0.4 is 14.8 Å². The second-order valence-electron chi connectivity index (χ2n) is 7.02. The molecule has 7 heteroatoms. The molecular formula is C19H26N2O5. The van der Waals surface area contributed by atoms with E-state index in [2.05, 4.69) is 5.32 Å². The minimum atomic E-state index is -0.838. The molecule has 0 bridgehead atoms. The number of ether oxygens (including phenoxy) is 2. The molecule has 2 N–H and O–H groups in total. The van der Waals surface area contributed by atoms with E-state index in [0.717, 1.165) is 25.7 Å². The Hall–Kier alpha value is -2.28. The third kappa shape index (κ3) is 3.93. The number of carbonyl (C=O) groups excluding carboxylic acids is 1. The van der Waals surface area contributed by atoms with Crippen molar-refractivity contribution in [2.75, 3.05) is 26.1 Å². The highest BCUT2D eigenvalue weighted by atomic mass is 16.5. The van der Waals surface area contributed by atoms with Gasteiger partial charge in [-0.1, -0.05) is 12.8 Å². The fourth-order valence-corrected chi connectivity index (χ4v) is 4.27. The maximum Gasteiger partial charge on any atom is 0.320 e. The van der Waals surface area contributed by atoms with Crippen LogP contribution in [0.3, 0.4) is 0 Å². The summed E-state index contributed by atoms with van der Waals surface area (Å²) in [6.45, 7) is 0.0810. The van der Waals surface area contributed by atoms with Crippen molar-refractivity contribution >= 4 is 17.6 Å². The van der Waals surface area contributed by atoms with Crippen molar-refractivity contribution in [1.82, 2.24) is 4.90 Å². The standard InChI is InChI=1S/C19H26N2O5/c1-25-14-8-13(9-15(10-14)26-2)20-18(22)11-21-16-6-4-3-5-12(16)7-17(21)19(23)24/h8-10,12,16-17H,3-7,11H2,1-2H3,(H,20,22)(H,23,24). The molecule has 1 aliphatic heterocycles. The molecule has 0 aromatic heterocycles. The van der Waals surface area contributed by atoms with Crippen LogP contribution in [0.4, 0.5) is 5.69 Å². The van der Waals surface area contributed by atoms with Crippen LogP contribution in [0.15, 0.2) is 18.2 Å². The second-order valence-corrected chi connectivity index (χ2v) is 7.02. The zero-order chi connectivity index (χ0) is 18.7. The monoisotopic (exact) mass is 362 g/mol. The molecule has 3 rings (SSSR count). The summed E-state index contributed by atoms with van der Waals surface area (Å²) in [5.41, 5.74) is 0.567. The van der Waals surface area contributed by atoms with Crippen molar-refractivity contribution < 1.29 is 24.2 Å². The lowest BCUT2D eigenvalue weighted by Gasteiger charge is -2.32. The molecule has 3 atom stereocenters. The molecule has 1 saturated carbocycles. The number of hydrogen-bond donors (Lipinski definition) is 2. The summed E-state index contributed by atoms with van der Waals surface area (Å²) in [4.78, 5) is 26.1. The Bertz CT molecular complexity index is 656. The number of carboxylic acid groups (broad SMARTS) is 1. The molecule has 0 spiro atoms. The molecule has 1 aromatic rings. The van der Waals surface area contributed by atoms with E-state index in [4.69, 9.17) is 9.47 Å². The number of aliphatic carboxylic acids is 1. The summed E-state index contributed by atoms with van der Waals surface area (Å²) >= 11 is 0. The molecular weight excluding hydrogens is 336 g/mol. The molecule has 2 fully saturated rings. The molecule has 1 aliphatic carbocycles. The zero-order valence-electron chi connectivity index (χ0n) is 15.2. The van der Waals surface area contributed by atoms with Gasteiger partial charge in [0.2, 0.25) is 5.91 Å². The number of rotatable bonds is 6. The molecule has 1 heterocycles. The number of likely N-dealkylation sites (tertiary alicyclic amines) is 1. The van der Waals surface area contributed by atoms with Gasteiger partial charge < -0.3 is 19.9 Å². The van der Waals surface area contributed by atoms with Crippen LogP contribution in [0.25, 0.3) is 0 Å². The number of hydrogen-bond acceptors (Lipinski definition) is 5. The normalized spacial score (nSPS) is 25.4. The summed E-state index contributed by atoms with van der Waals surface area (Å²) in [7, 11) is 3.09. The average molecular weight is 362 g/mol. The molecule has 26 heavy (non-hydrogen) atoms. The molecule has 1 saturated heterocycles. The van der Waals surface area contributed by atoms with Gasteiger partial charge in [-0.25, -0.2) is 0 Å². The first-order valence-electron chi connectivity index (χ1n) is 9.03. The molecule has 3 unspecified atom stereocenters. The summed E-state index contributed by atoms with van der Waals surface area (Å²) in [5.74, 6) is 0.482. The first-order valence-corrected chi connectivity index (χ1v) is 9.03. The SMILES string of the molecule is COc1cc(NC(=O)CN2C(C(=O)O)CC3CCCCC32)cc(OC)c1. The number of carbonyl (C=O) groups is 2. The predicted molar refractivity (Wildman–Crippen MR) is 96.7 cm³/mol. The summed E-state index contributed by atoms with van der Waals surface area (Å²) in [6.07, 6.45) is 4.91. The van der Waals surface area contributed by atoms with Gasteiger partial charge in [0, 0.05) is 29.9 Å². The van der Waals surface area contributed by atoms with E-state index in [0.29, 0.717) is 29.5 Å². The van der Waals surface area contributed by atoms with Crippen LogP contribution in [-0.2, 0) is 9.59 Å². The lowest BCUT2D eigenvalue weighted by molar-refractivity contribution is -0.143. The van der Waals surface area contributed by atoms with Crippen LogP contribution in [0.5, 0.6) is 11.5 Å². The first-order chi connectivity index (χ1) is 12.5. The van der Waals surface area contributed by atoms with Crippen molar-refractivity contribution in [1.29, 1.82) is 0 Å². The largest absolute Gasteiger partial charge is 0.497 e. The minimum Gasteiger partial charge on any atom is -0.497 e. The number of amides is 1. The summed E-state index contributed by atoms with van der Waals surface area (Å²) < 4.78 is 10.4. The smallest absolute Gasteiger partial charge is 0.320 e. The second kappa shape index (κ2) is 7.95. The summed E-state index contributed by atoms with van der Waals surface area (Å²) in [5, 5.41) is 12.4. The average Bonchev–Trinajstić information content (AvgIpc) is 3.00. The third-order valence-electron chi connectivity index (χ3n) is 5.47. The van der Waals surface area contributed by atoms with Gasteiger partial charge in [-0.05, 0) is 25.2 Å². The van der Waals surface area contributed by atoms with Gasteiger partial charge in [-0.3, -0.25) is 14.5 Å². The predicted octanol–water partition coefficient (Wildman–Crippen LogP) is 2.36. The highest BCUT2D eigenvalue weighted by molar-refractivity contribution is 5.93. The van der Waals surface area contributed by atoms with E-state index < -0.39 is 12.0 Å². The Morgan fingerprint density at radius 2 is 1.81 bits per heavy atom. The van der Waals surface area contributed by atoms with E-state index in [-0.39, 0.29) is 18.5 Å². The highest BCUT2D eigenvalue weighted by Gasteiger charge is 2.45. The first kappa shape index (κ1) is 18.5. The number of benzene rings is 1. The third-order valence-corrected chi connectivity index (χ3v) is 5.47. The van der Waals surface area contributed by atoms with Gasteiger partial charge in [0.1, 0.15) is 17.5 Å². The van der Waals surface area contributed by atoms with Gasteiger partial charge in [0.05, 0.1) is 20.8 Å². The fraction of sp³-hybridized carbons (Fsp3) is 0.579. The molecule has 142 valence electrons. The fourth-order valence-electron chi connectivity index (χ4n) is 4.27. The molecule has 1 aromatic carbocycles. The van der Waals surface area contributed by atoms with Crippen molar-refractivity contribution in [2.45, 2.75) is 44.2 Å². The number of anilines is 1. The van der Waals surface area contributed by atoms with Crippen molar-refractivity contribution in [2.24, 2.45) is 5.92 Å². The number of fused-ring (bicyclic) bond motifs is 1. The lowest BCUT2D eigenvalue weighted by Crippen LogP contribution is -2.46. The van der Waals surface area contributed by atoms with E-state index in [9.17, 15) is 14.7 Å². The number of carboxylic acids is 1. The van der Waals surface area contributed by atoms with Crippen molar-refractivity contribution in [3.8, 4) is 11.5 Å². The van der Waals surface area contributed by atoms with Crippen molar-refractivity contribution in [3.05, 3.63) is 18.2 Å². The Morgan fingerprint density at radius 3 is 2.42 bits per heavy atom. The quantitative estimate of drug-likeness (QED) is 0.808. The van der Waals surface area contributed by atoms with Gasteiger partial charge in [0.15, 0.2) is 0 Å². The van der Waals surface area contributed by atoms with E-state index >= 15 is 0 Å². The van der Waals surface area contributed by atoms with Gasteiger partial charge in [0.25, 0.3) is 0 Å². The van der Waals surface area contributed by atoms with Crippen LogP contribution in [0.2, 0.25) is 0 Å². The minimum absolute atomic E-state index is 0.0810. The zero-order valence-corrected chi connectivity index (χ0v) is 15.2. The summed E-state index contributed by atoms with van der Waals surface area (Å²) in [6, 6.07) is 4.76. The van der Waals surface area contributed by atoms with Crippen LogP contribution >= 0.6 is 0 Å². The topological polar surface area (TPSA) is 88.1 Å².